The largest absolute Gasteiger partial charge is 0.317 e. The quantitative estimate of drug-likeness (QED) is 0.511. The molecule has 0 saturated carbocycles. The Morgan fingerprint density at radius 2 is 1.92 bits per heavy atom. The standard InChI is InChI=1S/C10H23N3/c1-4-10(2,3)13(11)9-5-7-12-8-6-9/h9,12H,4-8,11H2,1-3H3. The van der Waals surface area contributed by atoms with Crippen LogP contribution in [0.2, 0.25) is 0 Å². The summed E-state index contributed by atoms with van der Waals surface area (Å²) >= 11 is 0. The van der Waals surface area contributed by atoms with E-state index in [0.29, 0.717) is 6.04 Å². The number of hydrazine groups is 1. The van der Waals surface area contributed by atoms with Gasteiger partial charge in [-0.2, -0.15) is 0 Å². The topological polar surface area (TPSA) is 41.3 Å². The number of hydrogen-bond acceptors (Lipinski definition) is 3. The fourth-order valence-electron chi connectivity index (χ4n) is 1.76. The van der Waals surface area contributed by atoms with E-state index in [1.807, 2.05) is 0 Å². The van der Waals surface area contributed by atoms with Gasteiger partial charge >= 0.3 is 0 Å². The first-order chi connectivity index (χ1) is 6.08. The molecule has 1 fully saturated rings. The third-order valence-electron chi connectivity index (χ3n) is 3.27. The lowest BCUT2D eigenvalue weighted by Crippen LogP contribution is -2.56. The summed E-state index contributed by atoms with van der Waals surface area (Å²) in [5, 5.41) is 5.42. The molecule has 0 aromatic carbocycles. The van der Waals surface area contributed by atoms with Crippen molar-refractivity contribution in [3.05, 3.63) is 0 Å². The van der Waals surface area contributed by atoms with Gasteiger partial charge in [0.05, 0.1) is 0 Å². The molecule has 0 bridgehead atoms. The van der Waals surface area contributed by atoms with Gasteiger partial charge in [0.15, 0.2) is 0 Å². The third-order valence-corrected chi connectivity index (χ3v) is 3.27. The summed E-state index contributed by atoms with van der Waals surface area (Å²) < 4.78 is 0. The van der Waals surface area contributed by atoms with Gasteiger partial charge < -0.3 is 5.32 Å². The molecule has 3 N–H and O–H groups in total. The highest BCUT2D eigenvalue weighted by Gasteiger charge is 2.29. The Bertz CT molecular complexity index is 150. The fraction of sp³-hybridized carbons (Fsp3) is 1.00. The lowest BCUT2D eigenvalue weighted by Gasteiger charge is -2.41. The van der Waals surface area contributed by atoms with Crippen LogP contribution in [0.15, 0.2) is 0 Å². The summed E-state index contributed by atoms with van der Waals surface area (Å²) in [6.45, 7) is 8.85. The van der Waals surface area contributed by atoms with E-state index >= 15 is 0 Å². The van der Waals surface area contributed by atoms with Gasteiger partial charge in [0, 0.05) is 11.6 Å². The maximum atomic E-state index is 6.14. The van der Waals surface area contributed by atoms with Crippen molar-refractivity contribution in [1.29, 1.82) is 0 Å². The number of rotatable bonds is 3. The molecule has 1 rings (SSSR count). The monoisotopic (exact) mass is 185 g/mol. The van der Waals surface area contributed by atoms with Gasteiger partial charge in [-0.3, -0.25) is 5.84 Å². The minimum Gasteiger partial charge on any atom is -0.317 e. The average Bonchev–Trinajstić information content (AvgIpc) is 2.18. The van der Waals surface area contributed by atoms with Gasteiger partial charge in [0.1, 0.15) is 0 Å². The lowest BCUT2D eigenvalue weighted by atomic mass is 9.96. The highest BCUT2D eigenvalue weighted by Crippen LogP contribution is 2.21. The Morgan fingerprint density at radius 1 is 1.38 bits per heavy atom. The summed E-state index contributed by atoms with van der Waals surface area (Å²) in [6.07, 6.45) is 3.47. The van der Waals surface area contributed by atoms with Crippen LogP contribution in [0, 0.1) is 0 Å². The molecule has 1 heterocycles. The molecule has 78 valence electrons. The number of hydrogen-bond donors (Lipinski definition) is 2. The van der Waals surface area contributed by atoms with Crippen LogP contribution >= 0.6 is 0 Å². The van der Waals surface area contributed by atoms with Crippen LogP contribution in [0.25, 0.3) is 0 Å². The van der Waals surface area contributed by atoms with Gasteiger partial charge in [0.25, 0.3) is 0 Å². The second kappa shape index (κ2) is 4.40. The highest BCUT2D eigenvalue weighted by atomic mass is 15.5. The van der Waals surface area contributed by atoms with Crippen LogP contribution < -0.4 is 11.2 Å². The smallest absolute Gasteiger partial charge is 0.0296 e. The molecule has 0 aromatic rings. The highest BCUT2D eigenvalue weighted by molar-refractivity contribution is 4.84. The SMILES string of the molecule is CCC(C)(C)N(N)C1CCNCC1. The van der Waals surface area contributed by atoms with E-state index in [2.05, 4.69) is 31.1 Å². The van der Waals surface area contributed by atoms with Crippen molar-refractivity contribution >= 4 is 0 Å². The first kappa shape index (κ1) is 11.0. The maximum Gasteiger partial charge on any atom is 0.0296 e. The van der Waals surface area contributed by atoms with E-state index in [4.69, 9.17) is 5.84 Å². The molecular weight excluding hydrogens is 162 g/mol. The van der Waals surface area contributed by atoms with Crippen LogP contribution in [0.5, 0.6) is 0 Å². The summed E-state index contributed by atoms with van der Waals surface area (Å²) in [5.41, 5.74) is 0.141. The van der Waals surface area contributed by atoms with E-state index in [9.17, 15) is 0 Å². The summed E-state index contributed by atoms with van der Waals surface area (Å²) in [4.78, 5) is 0. The van der Waals surface area contributed by atoms with E-state index in [-0.39, 0.29) is 5.54 Å². The number of nitrogens with zero attached hydrogens (tertiary/aromatic N) is 1. The van der Waals surface area contributed by atoms with Gasteiger partial charge in [-0.15, -0.1) is 0 Å². The predicted molar refractivity (Wildman–Crippen MR) is 56.3 cm³/mol. The van der Waals surface area contributed by atoms with Crippen molar-refractivity contribution < 1.29 is 0 Å². The summed E-state index contributed by atoms with van der Waals surface area (Å²) in [6, 6.07) is 0.566. The third kappa shape index (κ3) is 2.66. The molecule has 0 atom stereocenters. The van der Waals surface area contributed by atoms with E-state index in [0.717, 1.165) is 19.5 Å². The van der Waals surface area contributed by atoms with E-state index < -0.39 is 0 Å². The minimum absolute atomic E-state index is 0.141. The zero-order chi connectivity index (χ0) is 9.90. The van der Waals surface area contributed by atoms with Crippen molar-refractivity contribution in [2.45, 2.75) is 51.6 Å². The molecule has 0 amide bonds. The molecule has 0 radical (unpaired) electrons. The molecular formula is C10H23N3. The van der Waals surface area contributed by atoms with Gasteiger partial charge in [-0.1, -0.05) is 6.92 Å². The molecule has 1 aliphatic rings. The van der Waals surface area contributed by atoms with E-state index in [1.54, 1.807) is 0 Å². The molecule has 1 saturated heterocycles. The van der Waals surface area contributed by atoms with Gasteiger partial charge in [-0.05, 0) is 46.2 Å². The lowest BCUT2D eigenvalue weighted by molar-refractivity contribution is 0.0489. The molecule has 13 heavy (non-hydrogen) atoms. The van der Waals surface area contributed by atoms with Crippen molar-refractivity contribution in [3.8, 4) is 0 Å². The Hall–Kier alpha value is -0.120. The van der Waals surface area contributed by atoms with Crippen LogP contribution in [0.4, 0.5) is 0 Å². The Kier molecular flexibility index (Phi) is 3.71. The Morgan fingerprint density at radius 3 is 2.38 bits per heavy atom. The van der Waals surface area contributed by atoms with Crippen molar-refractivity contribution in [2.75, 3.05) is 13.1 Å². The zero-order valence-electron chi connectivity index (χ0n) is 9.14. The predicted octanol–water partition coefficient (Wildman–Crippen LogP) is 1.10. The molecule has 3 heteroatoms. The molecule has 0 aromatic heterocycles. The number of nitrogens with two attached hydrogens (primary N) is 1. The minimum atomic E-state index is 0.141. The fourth-order valence-corrected chi connectivity index (χ4v) is 1.76. The molecule has 0 spiro atoms. The molecule has 0 aliphatic carbocycles. The summed E-state index contributed by atoms with van der Waals surface area (Å²) in [5.74, 6) is 6.14. The zero-order valence-corrected chi connectivity index (χ0v) is 9.14. The molecule has 1 aliphatic heterocycles. The second-order valence-electron chi connectivity index (χ2n) is 4.55. The normalized spacial score (nSPS) is 21.0. The van der Waals surface area contributed by atoms with Crippen molar-refractivity contribution in [2.24, 2.45) is 5.84 Å². The van der Waals surface area contributed by atoms with Gasteiger partial charge in [0.2, 0.25) is 0 Å². The first-order valence-corrected chi connectivity index (χ1v) is 5.32. The molecule has 0 unspecified atom stereocenters. The van der Waals surface area contributed by atoms with Gasteiger partial charge in [-0.25, -0.2) is 5.01 Å². The average molecular weight is 185 g/mol. The number of piperidine rings is 1. The second-order valence-corrected chi connectivity index (χ2v) is 4.55. The van der Waals surface area contributed by atoms with Crippen molar-refractivity contribution in [1.82, 2.24) is 10.3 Å². The van der Waals surface area contributed by atoms with Crippen LogP contribution in [0.3, 0.4) is 0 Å². The summed E-state index contributed by atoms with van der Waals surface area (Å²) in [7, 11) is 0. The number of nitrogens with one attached hydrogen (secondary N) is 1. The first-order valence-electron chi connectivity index (χ1n) is 5.32. The molecule has 3 nitrogen and oxygen atoms in total. The van der Waals surface area contributed by atoms with Crippen LogP contribution in [-0.2, 0) is 0 Å². The van der Waals surface area contributed by atoms with Crippen LogP contribution in [0.1, 0.15) is 40.0 Å². The Balaban J connectivity index is 2.49. The van der Waals surface area contributed by atoms with Crippen LogP contribution in [-0.4, -0.2) is 29.7 Å². The van der Waals surface area contributed by atoms with Crippen molar-refractivity contribution in [3.63, 3.8) is 0 Å². The van der Waals surface area contributed by atoms with E-state index in [1.165, 1.54) is 12.8 Å². The maximum absolute atomic E-state index is 6.14. The Labute approximate surface area is 81.6 Å².